The summed E-state index contributed by atoms with van der Waals surface area (Å²) < 4.78 is 0. The van der Waals surface area contributed by atoms with Gasteiger partial charge in [0.05, 0.1) is 0 Å². The van der Waals surface area contributed by atoms with Crippen molar-refractivity contribution >= 4 is 5.78 Å². The molecule has 0 atom stereocenters. The molecule has 0 aliphatic heterocycles. The summed E-state index contributed by atoms with van der Waals surface area (Å²) in [5.74, 6) is 1.16. The summed E-state index contributed by atoms with van der Waals surface area (Å²) in [5.41, 5.74) is -0.0813. The van der Waals surface area contributed by atoms with Crippen LogP contribution in [0.3, 0.4) is 0 Å². The minimum Gasteiger partial charge on any atom is -0.299 e. The molecule has 13 heavy (non-hydrogen) atoms. The van der Waals surface area contributed by atoms with E-state index in [-0.39, 0.29) is 5.41 Å². The van der Waals surface area contributed by atoms with Gasteiger partial charge in [0, 0.05) is 5.41 Å². The van der Waals surface area contributed by atoms with Crippen molar-refractivity contribution in [3.8, 4) is 0 Å². The Labute approximate surface area is 81.9 Å². The molecule has 0 amide bonds. The van der Waals surface area contributed by atoms with E-state index in [4.69, 9.17) is 0 Å². The fourth-order valence-electron chi connectivity index (χ4n) is 2.26. The zero-order chi connectivity index (χ0) is 9.90. The number of hydrogen-bond acceptors (Lipinski definition) is 1. The Balaban J connectivity index is 2.41. The number of Topliss-reactive ketones (excluding diaryl/α,β-unsaturated/α-hetero) is 1. The Morgan fingerprint density at radius 1 is 1.23 bits per heavy atom. The molecule has 1 heteroatoms. The van der Waals surface area contributed by atoms with Crippen LogP contribution in [-0.2, 0) is 4.79 Å². The van der Waals surface area contributed by atoms with Crippen LogP contribution in [0.1, 0.15) is 59.3 Å². The van der Waals surface area contributed by atoms with Gasteiger partial charge in [-0.25, -0.2) is 0 Å². The molecule has 1 fully saturated rings. The van der Waals surface area contributed by atoms with Gasteiger partial charge in [-0.2, -0.15) is 0 Å². The Morgan fingerprint density at radius 2 is 1.77 bits per heavy atom. The first kappa shape index (κ1) is 10.7. The Kier molecular flexibility index (Phi) is 3.52. The molecule has 0 aromatic rings. The second kappa shape index (κ2) is 4.26. The van der Waals surface area contributed by atoms with Gasteiger partial charge in [-0.3, -0.25) is 4.79 Å². The number of ketones is 1. The lowest BCUT2D eigenvalue weighted by Gasteiger charge is -2.29. The number of carbonyl (C=O) groups excluding carboxylic acids is 1. The molecule has 0 aromatic carbocycles. The maximum absolute atomic E-state index is 11.3. The summed E-state index contributed by atoms with van der Waals surface area (Å²) in [6.07, 6.45) is 7.93. The zero-order valence-electron chi connectivity index (χ0n) is 9.23. The first-order chi connectivity index (χ1) is 6.02. The third-order valence-corrected chi connectivity index (χ3v) is 3.48. The van der Waals surface area contributed by atoms with Gasteiger partial charge in [0.15, 0.2) is 0 Å². The largest absolute Gasteiger partial charge is 0.299 e. The molecule has 0 bridgehead atoms. The number of hydrogen-bond donors (Lipinski definition) is 0. The van der Waals surface area contributed by atoms with Crippen LogP contribution in [0.25, 0.3) is 0 Å². The fraction of sp³-hybridized carbons (Fsp3) is 0.917. The number of rotatable bonds is 3. The fourth-order valence-corrected chi connectivity index (χ4v) is 2.26. The van der Waals surface area contributed by atoms with E-state index < -0.39 is 0 Å². The zero-order valence-corrected chi connectivity index (χ0v) is 9.23. The summed E-state index contributed by atoms with van der Waals surface area (Å²) in [6, 6.07) is 0. The molecule has 1 aliphatic rings. The quantitative estimate of drug-likeness (QED) is 0.652. The maximum atomic E-state index is 11.3. The summed E-state index contributed by atoms with van der Waals surface area (Å²) in [6.45, 7) is 5.90. The summed E-state index contributed by atoms with van der Waals surface area (Å²) >= 11 is 0. The molecule has 0 heterocycles. The van der Waals surface area contributed by atoms with Crippen LogP contribution in [0.2, 0.25) is 0 Å². The van der Waals surface area contributed by atoms with E-state index >= 15 is 0 Å². The van der Waals surface area contributed by atoms with Gasteiger partial charge in [-0.05, 0) is 19.3 Å². The van der Waals surface area contributed by atoms with Gasteiger partial charge in [-0.1, -0.05) is 46.0 Å². The van der Waals surface area contributed by atoms with Crippen molar-refractivity contribution in [3.05, 3.63) is 0 Å². The van der Waals surface area contributed by atoms with E-state index in [2.05, 4.69) is 13.8 Å². The van der Waals surface area contributed by atoms with Crippen LogP contribution in [0.15, 0.2) is 0 Å². The molecule has 0 N–H and O–H groups in total. The molecule has 0 spiro atoms. The monoisotopic (exact) mass is 182 g/mol. The first-order valence-corrected chi connectivity index (χ1v) is 5.53. The van der Waals surface area contributed by atoms with E-state index in [0.717, 1.165) is 12.3 Å². The molecule has 1 aliphatic carbocycles. The lowest BCUT2D eigenvalue weighted by atomic mass is 9.75. The summed E-state index contributed by atoms with van der Waals surface area (Å²) in [7, 11) is 0. The van der Waals surface area contributed by atoms with Crippen LogP contribution in [0.5, 0.6) is 0 Å². The van der Waals surface area contributed by atoms with Crippen LogP contribution >= 0.6 is 0 Å². The van der Waals surface area contributed by atoms with Crippen LogP contribution in [-0.4, -0.2) is 5.78 Å². The Bertz CT molecular complexity index is 176. The van der Waals surface area contributed by atoms with Gasteiger partial charge < -0.3 is 0 Å². The smallest absolute Gasteiger partial charge is 0.135 e. The topological polar surface area (TPSA) is 17.1 Å². The van der Waals surface area contributed by atoms with Crippen molar-refractivity contribution in [1.29, 1.82) is 0 Å². The van der Waals surface area contributed by atoms with Crippen molar-refractivity contribution in [2.75, 3.05) is 0 Å². The average Bonchev–Trinajstić information content (AvgIpc) is 2.05. The highest BCUT2D eigenvalue weighted by molar-refractivity contribution is 5.81. The van der Waals surface area contributed by atoms with Crippen molar-refractivity contribution in [3.63, 3.8) is 0 Å². The predicted octanol–water partition coefficient (Wildman–Crippen LogP) is 3.57. The molecule has 0 radical (unpaired) electrons. The average molecular weight is 182 g/mol. The minimum atomic E-state index is -0.0813. The summed E-state index contributed by atoms with van der Waals surface area (Å²) in [5, 5.41) is 0. The van der Waals surface area contributed by atoms with Crippen molar-refractivity contribution in [2.24, 2.45) is 11.3 Å². The van der Waals surface area contributed by atoms with Crippen molar-refractivity contribution in [1.82, 2.24) is 0 Å². The van der Waals surface area contributed by atoms with Gasteiger partial charge in [0.25, 0.3) is 0 Å². The molecule has 1 nitrogen and oxygen atoms in total. The highest BCUT2D eigenvalue weighted by Crippen LogP contribution is 2.34. The lowest BCUT2D eigenvalue weighted by molar-refractivity contribution is -0.125. The minimum absolute atomic E-state index is 0.0813. The second-order valence-corrected chi connectivity index (χ2v) is 5.15. The van der Waals surface area contributed by atoms with Gasteiger partial charge in [0.1, 0.15) is 5.78 Å². The normalized spacial score (nSPS) is 20.2. The third kappa shape index (κ3) is 3.13. The molecular weight excluding hydrogens is 160 g/mol. The molecule has 1 saturated carbocycles. The molecule has 1 rings (SSSR count). The van der Waals surface area contributed by atoms with E-state index in [1.807, 2.05) is 0 Å². The first-order valence-electron chi connectivity index (χ1n) is 5.53. The Hall–Kier alpha value is -0.330. The van der Waals surface area contributed by atoms with E-state index in [1.54, 1.807) is 6.92 Å². The maximum Gasteiger partial charge on any atom is 0.135 e. The second-order valence-electron chi connectivity index (χ2n) is 5.15. The van der Waals surface area contributed by atoms with Crippen LogP contribution in [0, 0.1) is 11.3 Å². The summed E-state index contributed by atoms with van der Waals surface area (Å²) in [4.78, 5) is 11.3. The highest BCUT2D eigenvalue weighted by Gasteiger charge is 2.28. The molecule has 0 saturated heterocycles. The molecule has 0 unspecified atom stereocenters. The highest BCUT2D eigenvalue weighted by atomic mass is 16.1. The molecular formula is C12H22O. The van der Waals surface area contributed by atoms with Crippen molar-refractivity contribution in [2.45, 2.75) is 59.3 Å². The van der Waals surface area contributed by atoms with Gasteiger partial charge in [0.2, 0.25) is 0 Å². The van der Waals surface area contributed by atoms with Gasteiger partial charge >= 0.3 is 0 Å². The van der Waals surface area contributed by atoms with E-state index in [0.29, 0.717) is 5.78 Å². The van der Waals surface area contributed by atoms with Gasteiger partial charge in [-0.15, -0.1) is 0 Å². The van der Waals surface area contributed by atoms with E-state index in [9.17, 15) is 4.79 Å². The third-order valence-electron chi connectivity index (χ3n) is 3.48. The number of carbonyl (C=O) groups is 1. The molecule has 0 aromatic heterocycles. The van der Waals surface area contributed by atoms with Crippen LogP contribution < -0.4 is 0 Å². The van der Waals surface area contributed by atoms with Crippen LogP contribution in [0.4, 0.5) is 0 Å². The van der Waals surface area contributed by atoms with Crippen molar-refractivity contribution < 1.29 is 4.79 Å². The lowest BCUT2D eigenvalue weighted by Crippen LogP contribution is -2.25. The van der Waals surface area contributed by atoms with E-state index in [1.165, 1.54) is 32.1 Å². The Morgan fingerprint density at radius 3 is 2.23 bits per heavy atom. The SMILES string of the molecule is CC(=O)C(C)(C)CC1CCCCC1. The molecule has 76 valence electrons. The standard InChI is InChI=1S/C12H22O/c1-10(13)12(2,3)9-11-7-5-4-6-8-11/h11H,4-9H2,1-3H3. The predicted molar refractivity (Wildman–Crippen MR) is 55.7 cm³/mol.